The number of rotatable bonds is 6. The summed E-state index contributed by atoms with van der Waals surface area (Å²) >= 11 is 0. The van der Waals surface area contributed by atoms with Crippen molar-refractivity contribution in [3.63, 3.8) is 0 Å². The number of hydrogen-bond donors (Lipinski definition) is 1. The molecular weight excluding hydrogens is 278 g/mol. The van der Waals surface area contributed by atoms with Gasteiger partial charge in [-0.3, -0.25) is 0 Å². The number of hydrogen-bond acceptors (Lipinski definition) is 7. The van der Waals surface area contributed by atoms with E-state index in [4.69, 9.17) is 14.6 Å². The molecule has 1 atom stereocenters. The summed E-state index contributed by atoms with van der Waals surface area (Å²) in [6.07, 6.45) is 1.52. The maximum absolute atomic E-state index is 11.3. The molecule has 0 saturated heterocycles. The smallest absolute Gasteiger partial charge is 0.344 e. The van der Waals surface area contributed by atoms with Crippen molar-refractivity contribution in [1.82, 2.24) is 0 Å². The van der Waals surface area contributed by atoms with Crippen LogP contribution in [0.15, 0.2) is 33.6 Å². The molecule has 0 aliphatic carbocycles. The van der Waals surface area contributed by atoms with Crippen LogP contribution in [0, 0.1) is 0 Å². The van der Waals surface area contributed by atoms with Gasteiger partial charge in [-0.25, -0.2) is 9.59 Å². The summed E-state index contributed by atoms with van der Waals surface area (Å²) < 4.78 is 9.97. The molecule has 1 aliphatic rings. The second-order valence-electron chi connectivity index (χ2n) is 4.07. The van der Waals surface area contributed by atoms with Crippen molar-refractivity contribution in [3.8, 4) is 5.75 Å². The Labute approximate surface area is 120 Å². The molecule has 0 fully saturated rings. The Hall–Kier alpha value is -2.77. The lowest BCUT2D eigenvalue weighted by Crippen LogP contribution is -2.16. The fourth-order valence-corrected chi connectivity index (χ4v) is 1.72. The predicted octanol–water partition coefficient (Wildman–Crippen LogP) is 1.82. The molecule has 8 nitrogen and oxygen atoms in total. The highest BCUT2D eigenvalue weighted by molar-refractivity contribution is 5.91. The summed E-state index contributed by atoms with van der Waals surface area (Å²) in [7, 11) is 0. The van der Waals surface area contributed by atoms with Crippen molar-refractivity contribution >= 4 is 18.2 Å². The van der Waals surface area contributed by atoms with Crippen molar-refractivity contribution in [3.05, 3.63) is 29.3 Å². The molecule has 1 aromatic rings. The molecule has 1 heterocycles. The highest BCUT2D eigenvalue weighted by atomic mass is 16.6. The minimum atomic E-state index is -1.15. The lowest BCUT2D eigenvalue weighted by Gasteiger charge is -2.11. The van der Waals surface area contributed by atoms with Crippen LogP contribution in [-0.2, 0) is 9.53 Å². The van der Waals surface area contributed by atoms with Crippen LogP contribution < -0.4 is 4.74 Å². The molecule has 8 heteroatoms. The average molecular weight is 291 g/mol. The van der Waals surface area contributed by atoms with Gasteiger partial charge in [-0.15, -0.1) is 5.10 Å². The Morgan fingerprint density at radius 3 is 2.81 bits per heavy atom. The van der Waals surface area contributed by atoms with E-state index in [1.165, 1.54) is 18.3 Å². The molecule has 1 unspecified atom stereocenters. The van der Waals surface area contributed by atoms with Gasteiger partial charge in [-0.1, -0.05) is 6.07 Å². The van der Waals surface area contributed by atoms with E-state index in [9.17, 15) is 9.59 Å². The number of carboxylic acid groups (broad SMARTS) is 1. The number of carboxylic acids is 1. The van der Waals surface area contributed by atoms with Gasteiger partial charge >= 0.3 is 11.9 Å². The maximum atomic E-state index is 11.3. The predicted molar refractivity (Wildman–Crippen MR) is 71.6 cm³/mol. The van der Waals surface area contributed by atoms with Gasteiger partial charge in [0, 0.05) is 0 Å². The zero-order chi connectivity index (χ0) is 15.2. The van der Waals surface area contributed by atoms with E-state index in [-0.39, 0.29) is 30.6 Å². The molecule has 0 aromatic heterocycles. The van der Waals surface area contributed by atoms with Crippen LogP contribution in [0.2, 0.25) is 0 Å². The number of benzene rings is 1. The van der Waals surface area contributed by atoms with Crippen molar-refractivity contribution in [2.45, 2.75) is 13.0 Å². The lowest BCUT2D eigenvalue weighted by atomic mass is 10.1. The van der Waals surface area contributed by atoms with Gasteiger partial charge in [0.05, 0.1) is 12.8 Å². The summed E-state index contributed by atoms with van der Waals surface area (Å²) in [6.45, 7) is 1.54. The van der Waals surface area contributed by atoms with Gasteiger partial charge in [-0.05, 0) is 29.8 Å². The van der Waals surface area contributed by atoms with Crippen LogP contribution in [-0.4, -0.2) is 36.5 Å². The lowest BCUT2D eigenvalue weighted by molar-refractivity contribution is -0.145. The van der Waals surface area contributed by atoms with Crippen molar-refractivity contribution < 1.29 is 24.2 Å². The SMILES string of the molecule is CCOC(=O)COc1cc(C2C=NN=N2)ccc1C(=O)O. The third-order valence-electron chi connectivity index (χ3n) is 2.66. The second kappa shape index (κ2) is 6.60. The maximum Gasteiger partial charge on any atom is 0.344 e. The molecule has 1 N–H and O–H groups in total. The van der Waals surface area contributed by atoms with Gasteiger partial charge in [0.1, 0.15) is 17.4 Å². The highest BCUT2D eigenvalue weighted by Crippen LogP contribution is 2.27. The molecule has 1 aromatic carbocycles. The van der Waals surface area contributed by atoms with Crippen molar-refractivity contribution in [2.75, 3.05) is 13.2 Å². The first-order valence-corrected chi connectivity index (χ1v) is 6.20. The minimum Gasteiger partial charge on any atom is -0.481 e. The number of carbonyl (C=O) groups excluding carboxylic acids is 1. The average Bonchev–Trinajstić information content (AvgIpc) is 2.99. The summed E-state index contributed by atoms with van der Waals surface area (Å²) in [5.41, 5.74) is 0.624. The molecule has 2 rings (SSSR count). The molecule has 0 amide bonds. The van der Waals surface area contributed by atoms with Crippen LogP contribution in [0.3, 0.4) is 0 Å². The standard InChI is InChI=1S/C13H13N3O5/c1-2-20-12(17)7-21-11-5-8(10-6-14-16-15-10)3-4-9(11)13(18)19/h3-6,10H,2,7H2,1H3,(H,18,19). The quantitative estimate of drug-likeness (QED) is 0.804. The zero-order valence-electron chi connectivity index (χ0n) is 11.2. The fourth-order valence-electron chi connectivity index (χ4n) is 1.72. The largest absolute Gasteiger partial charge is 0.481 e. The van der Waals surface area contributed by atoms with Crippen LogP contribution >= 0.6 is 0 Å². The third-order valence-corrected chi connectivity index (χ3v) is 2.66. The second-order valence-corrected chi connectivity index (χ2v) is 4.07. The van der Waals surface area contributed by atoms with E-state index in [1.54, 1.807) is 13.0 Å². The van der Waals surface area contributed by atoms with E-state index in [1.807, 2.05) is 0 Å². The van der Waals surface area contributed by atoms with Crippen LogP contribution in [0.5, 0.6) is 5.75 Å². The number of nitrogens with zero attached hydrogens (tertiary/aromatic N) is 3. The summed E-state index contributed by atoms with van der Waals surface area (Å²) in [4.78, 5) is 22.4. The minimum absolute atomic E-state index is 0.0464. The summed E-state index contributed by atoms with van der Waals surface area (Å²) in [6, 6.07) is 4.11. The molecule has 1 aliphatic heterocycles. The molecule has 0 bridgehead atoms. The number of aromatic carboxylic acids is 1. The first-order chi connectivity index (χ1) is 10.1. The zero-order valence-corrected chi connectivity index (χ0v) is 11.2. The Morgan fingerprint density at radius 2 is 2.19 bits per heavy atom. The van der Waals surface area contributed by atoms with Gasteiger partial charge in [0.2, 0.25) is 0 Å². The Morgan fingerprint density at radius 1 is 1.38 bits per heavy atom. The van der Waals surface area contributed by atoms with Gasteiger partial charge in [0.25, 0.3) is 0 Å². The number of esters is 1. The van der Waals surface area contributed by atoms with Gasteiger partial charge < -0.3 is 14.6 Å². The van der Waals surface area contributed by atoms with Crippen LogP contribution in [0.4, 0.5) is 0 Å². The molecule has 21 heavy (non-hydrogen) atoms. The molecule has 0 radical (unpaired) electrons. The first kappa shape index (κ1) is 14.6. The highest BCUT2D eigenvalue weighted by Gasteiger charge is 2.18. The fraction of sp³-hybridized carbons (Fsp3) is 0.308. The summed E-state index contributed by atoms with van der Waals surface area (Å²) in [5.74, 6) is -1.65. The van der Waals surface area contributed by atoms with Crippen molar-refractivity contribution in [1.29, 1.82) is 0 Å². The molecule has 0 saturated carbocycles. The van der Waals surface area contributed by atoms with Crippen molar-refractivity contribution in [2.24, 2.45) is 15.4 Å². The number of carbonyl (C=O) groups is 2. The van der Waals surface area contributed by atoms with E-state index >= 15 is 0 Å². The van der Waals surface area contributed by atoms with Gasteiger partial charge in [-0.2, -0.15) is 5.11 Å². The summed E-state index contributed by atoms with van der Waals surface area (Å²) in [5, 5.41) is 20.1. The molecule has 110 valence electrons. The first-order valence-electron chi connectivity index (χ1n) is 6.20. The molecule has 0 spiro atoms. The van der Waals surface area contributed by atoms with Crippen LogP contribution in [0.1, 0.15) is 28.9 Å². The Kier molecular flexibility index (Phi) is 4.60. The number of ether oxygens (including phenoxy) is 2. The van der Waals surface area contributed by atoms with E-state index in [0.717, 1.165) is 0 Å². The monoisotopic (exact) mass is 291 g/mol. The van der Waals surface area contributed by atoms with E-state index in [0.29, 0.717) is 5.56 Å². The topological polar surface area (TPSA) is 110 Å². The molecular formula is C13H13N3O5. The van der Waals surface area contributed by atoms with Gasteiger partial charge in [0.15, 0.2) is 6.61 Å². The van der Waals surface area contributed by atoms with Crippen LogP contribution in [0.25, 0.3) is 0 Å². The van der Waals surface area contributed by atoms with E-state index in [2.05, 4.69) is 15.4 Å². The third kappa shape index (κ3) is 3.62. The van der Waals surface area contributed by atoms with E-state index < -0.39 is 11.9 Å². The normalized spacial score (nSPS) is 16.0. The Bertz CT molecular complexity index is 600. The Balaban J connectivity index is 2.20.